The van der Waals surface area contributed by atoms with E-state index in [9.17, 15) is 13.6 Å². The lowest BCUT2D eigenvalue weighted by Crippen LogP contribution is -2.52. The molecule has 1 aromatic carbocycles. The summed E-state index contributed by atoms with van der Waals surface area (Å²) in [6, 6.07) is 3.39. The molecule has 2 rings (SSSR count). The normalized spacial score (nSPS) is 19.1. The molecule has 0 amide bonds. The predicted octanol–water partition coefficient (Wildman–Crippen LogP) is 2.34. The highest BCUT2D eigenvalue weighted by atomic mass is 19.1. The Morgan fingerprint density at radius 3 is 2.61 bits per heavy atom. The summed E-state index contributed by atoms with van der Waals surface area (Å²) in [7, 11) is 0. The number of carbonyl (C=O) groups is 1. The number of benzene rings is 1. The Balaban J connectivity index is 2.34. The highest BCUT2D eigenvalue weighted by Gasteiger charge is 2.47. The van der Waals surface area contributed by atoms with Crippen molar-refractivity contribution in [3.63, 3.8) is 0 Å². The standard InChI is InChI=1S/C13H14F2O3/c1-8(4-12(16)17)13(6-18-7-13)10-3-2-9(14)5-11(10)15/h2-3,5,8H,4,6-7H2,1H3,(H,16,17). The van der Waals surface area contributed by atoms with Crippen LogP contribution in [0.4, 0.5) is 8.78 Å². The van der Waals surface area contributed by atoms with Gasteiger partial charge in [0.2, 0.25) is 0 Å². The van der Waals surface area contributed by atoms with E-state index in [2.05, 4.69) is 0 Å². The van der Waals surface area contributed by atoms with Crippen molar-refractivity contribution in [2.45, 2.75) is 18.8 Å². The fourth-order valence-electron chi connectivity index (χ4n) is 2.38. The van der Waals surface area contributed by atoms with Gasteiger partial charge < -0.3 is 9.84 Å². The van der Waals surface area contributed by atoms with Gasteiger partial charge in [0.05, 0.1) is 13.2 Å². The number of ether oxygens (including phenoxy) is 1. The first-order chi connectivity index (χ1) is 8.45. The maximum Gasteiger partial charge on any atom is 0.303 e. The number of carboxylic acids is 1. The lowest BCUT2D eigenvalue weighted by molar-refractivity contribution is -0.142. The topological polar surface area (TPSA) is 46.5 Å². The van der Waals surface area contributed by atoms with Gasteiger partial charge in [0, 0.05) is 17.9 Å². The highest BCUT2D eigenvalue weighted by Crippen LogP contribution is 2.42. The van der Waals surface area contributed by atoms with Crippen molar-refractivity contribution in [2.75, 3.05) is 13.2 Å². The van der Waals surface area contributed by atoms with Crippen LogP contribution in [0.25, 0.3) is 0 Å². The van der Waals surface area contributed by atoms with E-state index in [1.54, 1.807) is 6.92 Å². The minimum atomic E-state index is -0.934. The monoisotopic (exact) mass is 256 g/mol. The van der Waals surface area contributed by atoms with Gasteiger partial charge in [-0.1, -0.05) is 13.0 Å². The molecule has 0 aromatic heterocycles. The number of halogens is 2. The lowest BCUT2D eigenvalue weighted by Gasteiger charge is -2.46. The lowest BCUT2D eigenvalue weighted by atomic mass is 9.68. The molecule has 1 unspecified atom stereocenters. The molecule has 3 nitrogen and oxygen atoms in total. The summed E-state index contributed by atoms with van der Waals surface area (Å²) in [5, 5.41) is 8.83. The largest absolute Gasteiger partial charge is 0.481 e. The van der Waals surface area contributed by atoms with Gasteiger partial charge in [-0.3, -0.25) is 4.79 Å². The maximum absolute atomic E-state index is 13.8. The van der Waals surface area contributed by atoms with E-state index in [4.69, 9.17) is 9.84 Å². The summed E-state index contributed by atoms with van der Waals surface area (Å²) in [6.45, 7) is 2.29. The molecular formula is C13H14F2O3. The molecule has 5 heteroatoms. The van der Waals surface area contributed by atoms with E-state index in [0.717, 1.165) is 6.07 Å². The Hall–Kier alpha value is -1.49. The zero-order chi connectivity index (χ0) is 13.3. The number of carboxylic acid groups (broad SMARTS) is 1. The van der Waals surface area contributed by atoms with E-state index in [0.29, 0.717) is 5.56 Å². The summed E-state index contributed by atoms with van der Waals surface area (Å²) in [5.41, 5.74) is -0.320. The van der Waals surface area contributed by atoms with Gasteiger partial charge in [0.15, 0.2) is 0 Å². The minimum absolute atomic E-state index is 0.0693. The Labute approximate surface area is 103 Å². The molecule has 0 saturated carbocycles. The molecule has 18 heavy (non-hydrogen) atoms. The zero-order valence-corrected chi connectivity index (χ0v) is 9.95. The van der Waals surface area contributed by atoms with Gasteiger partial charge in [-0.2, -0.15) is 0 Å². The van der Waals surface area contributed by atoms with Gasteiger partial charge in [0.25, 0.3) is 0 Å². The second kappa shape index (κ2) is 4.65. The minimum Gasteiger partial charge on any atom is -0.481 e. The number of aliphatic carboxylic acids is 1. The molecular weight excluding hydrogens is 242 g/mol. The summed E-state index contributed by atoms with van der Waals surface area (Å²) in [5.74, 6) is -2.49. The molecule has 0 aliphatic carbocycles. The molecule has 1 fully saturated rings. The first-order valence-electron chi connectivity index (χ1n) is 5.71. The van der Waals surface area contributed by atoms with E-state index in [-0.39, 0.29) is 25.6 Å². The molecule has 98 valence electrons. The van der Waals surface area contributed by atoms with Gasteiger partial charge in [-0.25, -0.2) is 8.78 Å². The summed E-state index contributed by atoms with van der Waals surface area (Å²) >= 11 is 0. The third kappa shape index (κ3) is 2.10. The summed E-state index contributed by atoms with van der Waals surface area (Å²) in [6.07, 6.45) is -0.0693. The Morgan fingerprint density at radius 1 is 1.50 bits per heavy atom. The fraction of sp³-hybridized carbons (Fsp3) is 0.462. The van der Waals surface area contributed by atoms with E-state index in [1.165, 1.54) is 12.1 Å². The molecule has 0 bridgehead atoms. The Kier molecular flexibility index (Phi) is 3.34. The van der Waals surface area contributed by atoms with Crippen molar-refractivity contribution < 1.29 is 23.4 Å². The molecule has 1 saturated heterocycles. The first kappa shape index (κ1) is 13.0. The van der Waals surface area contributed by atoms with E-state index >= 15 is 0 Å². The molecule has 1 aromatic rings. The maximum atomic E-state index is 13.8. The summed E-state index contributed by atoms with van der Waals surface area (Å²) in [4.78, 5) is 10.8. The molecule has 0 spiro atoms. The average Bonchev–Trinajstić information content (AvgIpc) is 2.18. The van der Waals surface area contributed by atoms with E-state index < -0.39 is 23.0 Å². The second-order valence-corrected chi connectivity index (χ2v) is 4.77. The molecule has 1 atom stereocenters. The van der Waals surface area contributed by atoms with Crippen LogP contribution in [0.5, 0.6) is 0 Å². The highest BCUT2D eigenvalue weighted by molar-refractivity contribution is 5.67. The molecule has 1 heterocycles. The van der Waals surface area contributed by atoms with Crippen LogP contribution >= 0.6 is 0 Å². The average molecular weight is 256 g/mol. The van der Waals surface area contributed by atoms with Gasteiger partial charge >= 0.3 is 5.97 Å². The number of hydrogen-bond acceptors (Lipinski definition) is 2. The van der Waals surface area contributed by atoms with Crippen LogP contribution in [-0.2, 0) is 14.9 Å². The molecule has 0 radical (unpaired) electrons. The quantitative estimate of drug-likeness (QED) is 0.899. The Morgan fingerprint density at radius 2 is 2.17 bits per heavy atom. The molecule has 1 N–H and O–H groups in total. The van der Waals surface area contributed by atoms with Crippen molar-refractivity contribution in [1.82, 2.24) is 0 Å². The summed E-state index contributed by atoms with van der Waals surface area (Å²) < 4.78 is 31.9. The van der Waals surface area contributed by atoms with Gasteiger partial charge in [-0.15, -0.1) is 0 Å². The number of rotatable bonds is 4. The third-order valence-electron chi connectivity index (χ3n) is 3.61. The van der Waals surface area contributed by atoms with Crippen molar-refractivity contribution >= 4 is 5.97 Å². The van der Waals surface area contributed by atoms with Gasteiger partial charge in [0.1, 0.15) is 11.6 Å². The van der Waals surface area contributed by atoms with Gasteiger partial charge in [-0.05, 0) is 17.5 Å². The van der Waals surface area contributed by atoms with Crippen molar-refractivity contribution in [3.8, 4) is 0 Å². The predicted molar refractivity (Wildman–Crippen MR) is 60.3 cm³/mol. The van der Waals surface area contributed by atoms with Crippen LogP contribution in [-0.4, -0.2) is 24.3 Å². The van der Waals surface area contributed by atoms with Crippen molar-refractivity contribution in [3.05, 3.63) is 35.4 Å². The first-order valence-corrected chi connectivity index (χ1v) is 5.71. The van der Waals surface area contributed by atoms with Crippen LogP contribution in [0.2, 0.25) is 0 Å². The van der Waals surface area contributed by atoms with E-state index in [1.807, 2.05) is 0 Å². The van der Waals surface area contributed by atoms with Crippen LogP contribution < -0.4 is 0 Å². The SMILES string of the molecule is CC(CC(=O)O)C1(c2ccc(F)cc2F)COC1. The second-order valence-electron chi connectivity index (χ2n) is 4.77. The molecule has 1 aliphatic rings. The van der Waals surface area contributed by atoms with Crippen molar-refractivity contribution in [1.29, 1.82) is 0 Å². The van der Waals surface area contributed by atoms with Crippen LogP contribution in [0.1, 0.15) is 18.9 Å². The smallest absolute Gasteiger partial charge is 0.303 e. The van der Waals surface area contributed by atoms with Crippen molar-refractivity contribution in [2.24, 2.45) is 5.92 Å². The third-order valence-corrected chi connectivity index (χ3v) is 3.61. The van der Waals surface area contributed by atoms with Crippen LogP contribution in [0.3, 0.4) is 0 Å². The fourth-order valence-corrected chi connectivity index (χ4v) is 2.38. The molecule has 1 aliphatic heterocycles. The number of hydrogen-bond donors (Lipinski definition) is 1. The van der Waals surface area contributed by atoms with Crippen LogP contribution in [0, 0.1) is 17.6 Å². The van der Waals surface area contributed by atoms with Crippen LogP contribution in [0.15, 0.2) is 18.2 Å². The Bertz CT molecular complexity index is 469. The zero-order valence-electron chi connectivity index (χ0n) is 9.95.